The highest BCUT2D eigenvalue weighted by molar-refractivity contribution is 5.95. The van der Waals surface area contributed by atoms with E-state index in [2.05, 4.69) is 11.7 Å². The highest BCUT2D eigenvalue weighted by Crippen LogP contribution is 2.23. The zero-order chi connectivity index (χ0) is 14.6. The zero-order valence-electron chi connectivity index (χ0n) is 12.2. The van der Waals surface area contributed by atoms with Gasteiger partial charge in [0.25, 0.3) is 0 Å². The molecule has 2 rings (SSSR count). The lowest BCUT2D eigenvalue weighted by Crippen LogP contribution is -2.28. The quantitative estimate of drug-likeness (QED) is 0.883. The third-order valence-corrected chi connectivity index (χ3v) is 3.01. The van der Waals surface area contributed by atoms with Crippen LogP contribution in [-0.4, -0.2) is 5.91 Å². The predicted molar refractivity (Wildman–Crippen MR) is 83.5 cm³/mol. The lowest BCUT2D eigenvalue weighted by Gasteiger charge is -2.19. The number of hydrogen-bond donors (Lipinski definition) is 1. The first-order chi connectivity index (χ1) is 9.47. The molecule has 0 heterocycles. The Balaban J connectivity index is 2.21. The average Bonchev–Trinajstić information content (AvgIpc) is 2.41. The van der Waals surface area contributed by atoms with Crippen LogP contribution in [0.5, 0.6) is 0 Å². The van der Waals surface area contributed by atoms with E-state index in [1.165, 1.54) is 0 Å². The maximum atomic E-state index is 12.1. The van der Waals surface area contributed by atoms with Gasteiger partial charge in [0.1, 0.15) is 0 Å². The second-order valence-corrected chi connectivity index (χ2v) is 5.85. The van der Waals surface area contributed by atoms with Crippen molar-refractivity contribution in [2.75, 3.05) is 5.32 Å². The molecular weight excluding hydrogens is 246 g/mol. The maximum absolute atomic E-state index is 12.1. The van der Waals surface area contributed by atoms with Gasteiger partial charge in [0, 0.05) is 17.5 Å². The van der Waals surface area contributed by atoms with Gasteiger partial charge in [0.15, 0.2) is 0 Å². The molecule has 0 fully saturated rings. The van der Waals surface area contributed by atoms with Crippen LogP contribution in [0.2, 0.25) is 0 Å². The van der Waals surface area contributed by atoms with E-state index >= 15 is 0 Å². The monoisotopic (exact) mass is 266 g/mol. The van der Waals surface area contributed by atoms with Gasteiger partial charge in [-0.2, -0.15) is 0 Å². The highest BCUT2D eigenvalue weighted by atomic mass is 16.2. The number of benzene rings is 2. The molecule has 0 bridgehead atoms. The number of nitrogens with one attached hydrogen (secondary N) is 1. The van der Waals surface area contributed by atoms with Crippen molar-refractivity contribution in [2.24, 2.45) is 5.41 Å². The van der Waals surface area contributed by atoms with E-state index in [9.17, 15) is 4.79 Å². The third-order valence-electron chi connectivity index (χ3n) is 3.01. The summed E-state index contributed by atoms with van der Waals surface area (Å²) in [6.45, 7) is 5.73. The van der Waals surface area contributed by atoms with E-state index in [-0.39, 0.29) is 5.91 Å². The van der Waals surface area contributed by atoms with Crippen LogP contribution in [0.15, 0.2) is 54.6 Å². The smallest absolute Gasteiger partial charge is 0.229 e. The van der Waals surface area contributed by atoms with Crippen LogP contribution in [-0.2, 0) is 4.79 Å². The number of carbonyl (C=O) groups is 1. The minimum Gasteiger partial charge on any atom is -0.325 e. The number of anilines is 1. The number of carbonyl (C=O) groups excluding carboxylic acids is 1. The topological polar surface area (TPSA) is 29.1 Å². The molecule has 2 aromatic rings. The van der Waals surface area contributed by atoms with Crippen molar-refractivity contribution >= 4 is 11.6 Å². The van der Waals surface area contributed by atoms with Crippen LogP contribution in [0.4, 0.5) is 5.69 Å². The van der Waals surface area contributed by atoms with Crippen LogP contribution in [0.25, 0.3) is 0 Å². The molecule has 0 aliphatic rings. The van der Waals surface area contributed by atoms with Crippen LogP contribution >= 0.6 is 0 Å². The SMILES string of the molecule is CC(C)(C)C(=O)Nc1ccccc1[CH]c1ccccc1. The molecule has 0 aromatic heterocycles. The molecule has 1 amide bonds. The van der Waals surface area contributed by atoms with Gasteiger partial charge in [-0.15, -0.1) is 0 Å². The van der Waals surface area contributed by atoms with E-state index in [1.54, 1.807) is 0 Å². The molecule has 2 heteroatoms. The van der Waals surface area contributed by atoms with Crippen LogP contribution in [0.3, 0.4) is 0 Å². The number of rotatable bonds is 3. The van der Waals surface area contributed by atoms with Gasteiger partial charge in [-0.25, -0.2) is 0 Å². The first kappa shape index (κ1) is 14.3. The minimum atomic E-state index is -0.403. The molecule has 103 valence electrons. The summed E-state index contributed by atoms with van der Waals surface area (Å²) in [5.74, 6) is 0.0198. The molecule has 0 atom stereocenters. The van der Waals surface area contributed by atoms with Gasteiger partial charge in [-0.3, -0.25) is 4.79 Å². The molecule has 0 aliphatic carbocycles. The minimum absolute atomic E-state index is 0.0198. The summed E-state index contributed by atoms with van der Waals surface area (Å²) in [5.41, 5.74) is 2.57. The fraction of sp³-hybridized carbons (Fsp3) is 0.222. The van der Waals surface area contributed by atoms with Gasteiger partial charge >= 0.3 is 0 Å². The van der Waals surface area contributed by atoms with Gasteiger partial charge in [0.05, 0.1) is 0 Å². The molecule has 0 saturated carbocycles. The Morgan fingerprint density at radius 3 is 2.20 bits per heavy atom. The summed E-state index contributed by atoms with van der Waals surface area (Å²) >= 11 is 0. The lowest BCUT2D eigenvalue weighted by atomic mass is 9.95. The summed E-state index contributed by atoms with van der Waals surface area (Å²) in [6.07, 6.45) is 2.07. The molecule has 2 aromatic carbocycles. The molecule has 0 spiro atoms. The van der Waals surface area contributed by atoms with E-state index in [1.807, 2.05) is 75.4 Å². The molecule has 2 nitrogen and oxygen atoms in total. The summed E-state index contributed by atoms with van der Waals surface area (Å²) in [5, 5.41) is 3.00. The molecule has 1 N–H and O–H groups in total. The molecule has 1 radical (unpaired) electrons. The predicted octanol–water partition coefficient (Wildman–Crippen LogP) is 4.27. The Kier molecular flexibility index (Phi) is 4.23. The molecule has 0 saturated heterocycles. The fourth-order valence-electron chi connectivity index (χ4n) is 1.78. The molecule has 0 aliphatic heterocycles. The second kappa shape index (κ2) is 5.91. The zero-order valence-corrected chi connectivity index (χ0v) is 12.2. The van der Waals surface area contributed by atoms with Crippen LogP contribution in [0.1, 0.15) is 31.9 Å². The number of para-hydroxylation sites is 1. The van der Waals surface area contributed by atoms with Crippen molar-refractivity contribution in [3.8, 4) is 0 Å². The van der Waals surface area contributed by atoms with Crippen LogP contribution in [0, 0.1) is 11.8 Å². The Bertz CT molecular complexity index is 582. The van der Waals surface area contributed by atoms with E-state index in [4.69, 9.17) is 0 Å². The van der Waals surface area contributed by atoms with Crippen molar-refractivity contribution in [3.63, 3.8) is 0 Å². The fourth-order valence-corrected chi connectivity index (χ4v) is 1.78. The first-order valence-electron chi connectivity index (χ1n) is 6.77. The van der Waals surface area contributed by atoms with Gasteiger partial charge in [-0.05, 0) is 17.2 Å². The van der Waals surface area contributed by atoms with E-state index in [0.29, 0.717) is 0 Å². The molecule has 0 unspecified atom stereocenters. The normalized spacial score (nSPS) is 11.2. The van der Waals surface area contributed by atoms with E-state index < -0.39 is 5.41 Å². The summed E-state index contributed by atoms with van der Waals surface area (Å²) in [6, 6.07) is 17.9. The van der Waals surface area contributed by atoms with Gasteiger partial charge in [0.2, 0.25) is 5.91 Å². The highest BCUT2D eigenvalue weighted by Gasteiger charge is 2.21. The Morgan fingerprint density at radius 1 is 0.950 bits per heavy atom. The van der Waals surface area contributed by atoms with Gasteiger partial charge < -0.3 is 5.32 Å². The summed E-state index contributed by atoms with van der Waals surface area (Å²) in [7, 11) is 0. The Hall–Kier alpha value is -2.09. The van der Waals surface area contributed by atoms with Gasteiger partial charge in [-0.1, -0.05) is 69.3 Å². The van der Waals surface area contributed by atoms with Crippen molar-refractivity contribution in [1.29, 1.82) is 0 Å². The number of amides is 1. The van der Waals surface area contributed by atoms with Crippen molar-refractivity contribution in [2.45, 2.75) is 20.8 Å². The Labute approximate surface area is 120 Å². The average molecular weight is 266 g/mol. The second-order valence-electron chi connectivity index (χ2n) is 5.85. The lowest BCUT2D eigenvalue weighted by molar-refractivity contribution is -0.123. The maximum Gasteiger partial charge on any atom is 0.229 e. The van der Waals surface area contributed by atoms with Crippen molar-refractivity contribution in [3.05, 3.63) is 72.1 Å². The van der Waals surface area contributed by atoms with Crippen molar-refractivity contribution in [1.82, 2.24) is 0 Å². The largest absolute Gasteiger partial charge is 0.325 e. The molecular formula is C18H20NO. The molecule has 20 heavy (non-hydrogen) atoms. The van der Waals surface area contributed by atoms with Crippen molar-refractivity contribution < 1.29 is 4.79 Å². The number of hydrogen-bond acceptors (Lipinski definition) is 1. The summed E-state index contributed by atoms with van der Waals surface area (Å²) in [4.78, 5) is 12.1. The third kappa shape index (κ3) is 3.70. The summed E-state index contributed by atoms with van der Waals surface area (Å²) < 4.78 is 0. The van der Waals surface area contributed by atoms with E-state index in [0.717, 1.165) is 16.8 Å². The standard InChI is InChI=1S/C18H20NO/c1-18(2,3)17(20)19-16-12-8-7-11-15(16)13-14-9-5-4-6-10-14/h4-13H,1-3H3,(H,19,20). The Morgan fingerprint density at radius 2 is 1.55 bits per heavy atom. The first-order valence-corrected chi connectivity index (χ1v) is 6.77. The van der Waals surface area contributed by atoms with Crippen LogP contribution < -0.4 is 5.32 Å².